The minimum absolute atomic E-state index is 0.0518. The van der Waals surface area contributed by atoms with Crippen LogP contribution in [0.25, 0.3) is 5.52 Å². The number of benzene rings is 1. The van der Waals surface area contributed by atoms with Gasteiger partial charge in [0.25, 0.3) is 5.91 Å². The number of carbonyl (C=O) groups excluding carboxylic acids is 1. The van der Waals surface area contributed by atoms with Gasteiger partial charge in [-0.2, -0.15) is 0 Å². The van der Waals surface area contributed by atoms with Gasteiger partial charge >= 0.3 is 0 Å². The van der Waals surface area contributed by atoms with Crippen LogP contribution in [-0.4, -0.2) is 47.4 Å². The maximum atomic E-state index is 12.9. The Labute approximate surface area is 170 Å². The molecule has 1 aromatic carbocycles. The number of nitrogens with zero attached hydrogens (tertiary/aromatic N) is 3. The van der Waals surface area contributed by atoms with E-state index in [4.69, 9.17) is 0 Å². The van der Waals surface area contributed by atoms with E-state index in [1.165, 1.54) is 10.6 Å². The van der Waals surface area contributed by atoms with Crippen molar-refractivity contribution in [2.75, 3.05) is 19.3 Å². The summed E-state index contributed by atoms with van der Waals surface area (Å²) in [4.78, 5) is 17.5. The van der Waals surface area contributed by atoms with E-state index >= 15 is 0 Å². The second-order valence-electron chi connectivity index (χ2n) is 7.40. The summed E-state index contributed by atoms with van der Waals surface area (Å²) in [5, 5.41) is 2.94. The van der Waals surface area contributed by atoms with Crippen LogP contribution in [0.15, 0.2) is 54.7 Å². The van der Waals surface area contributed by atoms with Crippen molar-refractivity contribution < 1.29 is 13.2 Å². The molecule has 3 aromatic rings. The van der Waals surface area contributed by atoms with Crippen molar-refractivity contribution in [3.63, 3.8) is 0 Å². The van der Waals surface area contributed by atoms with E-state index in [1.807, 2.05) is 59.1 Å². The molecule has 152 valence electrons. The van der Waals surface area contributed by atoms with Crippen molar-refractivity contribution in [3.8, 4) is 0 Å². The van der Waals surface area contributed by atoms with Crippen LogP contribution in [0.5, 0.6) is 0 Å². The number of sulfonamides is 1. The predicted molar refractivity (Wildman–Crippen MR) is 111 cm³/mol. The Bertz CT molecular complexity index is 1130. The Morgan fingerprint density at radius 3 is 2.69 bits per heavy atom. The van der Waals surface area contributed by atoms with E-state index in [0.29, 0.717) is 25.3 Å². The SMILES string of the molecule is CS(=O)(=O)N1CCCC(c2nc(C(=O)NCc3ccccc3)c3ccccn23)C1. The van der Waals surface area contributed by atoms with E-state index in [1.54, 1.807) is 0 Å². The molecule has 1 aliphatic heterocycles. The molecule has 8 heteroatoms. The van der Waals surface area contributed by atoms with E-state index in [2.05, 4.69) is 10.3 Å². The Balaban J connectivity index is 1.62. The molecule has 2 aromatic heterocycles. The number of fused-ring (bicyclic) bond motifs is 1. The minimum Gasteiger partial charge on any atom is -0.347 e. The second-order valence-corrected chi connectivity index (χ2v) is 9.39. The predicted octanol–water partition coefficient (Wildman–Crippen LogP) is 2.40. The molecular weight excluding hydrogens is 388 g/mol. The fourth-order valence-electron chi connectivity index (χ4n) is 3.83. The molecule has 1 amide bonds. The van der Waals surface area contributed by atoms with Gasteiger partial charge in [0.05, 0.1) is 11.8 Å². The van der Waals surface area contributed by atoms with Crippen LogP contribution in [0.1, 0.15) is 40.6 Å². The first-order valence-corrected chi connectivity index (χ1v) is 11.5. The lowest BCUT2D eigenvalue weighted by molar-refractivity contribution is 0.0948. The van der Waals surface area contributed by atoms with Gasteiger partial charge in [0.15, 0.2) is 5.69 Å². The molecule has 1 aliphatic rings. The highest BCUT2D eigenvalue weighted by Crippen LogP contribution is 2.29. The molecule has 1 atom stereocenters. The normalized spacial score (nSPS) is 18.0. The first-order valence-electron chi connectivity index (χ1n) is 9.67. The Morgan fingerprint density at radius 1 is 1.17 bits per heavy atom. The molecule has 0 saturated carbocycles. The second kappa shape index (κ2) is 7.96. The molecule has 3 heterocycles. The van der Waals surface area contributed by atoms with Gasteiger partial charge < -0.3 is 9.72 Å². The standard InChI is InChI=1S/C21H24N4O3S/c1-29(27,28)24-12-7-10-17(15-24)20-23-19(18-11-5-6-13-25(18)20)21(26)22-14-16-8-3-2-4-9-16/h2-6,8-9,11,13,17H,7,10,12,14-15H2,1H3,(H,22,26). The lowest BCUT2D eigenvalue weighted by atomic mass is 9.99. The van der Waals surface area contributed by atoms with E-state index < -0.39 is 10.0 Å². The number of carbonyl (C=O) groups is 1. The summed E-state index contributed by atoms with van der Waals surface area (Å²) in [6.45, 7) is 1.34. The average Bonchev–Trinajstić information content (AvgIpc) is 3.12. The van der Waals surface area contributed by atoms with Crippen molar-refractivity contribution in [3.05, 3.63) is 71.8 Å². The summed E-state index contributed by atoms with van der Waals surface area (Å²) < 4.78 is 27.4. The highest BCUT2D eigenvalue weighted by molar-refractivity contribution is 7.88. The summed E-state index contributed by atoms with van der Waals surface area (Å²) in [5.41, 5.74) is 2.11. The Kier molecular flexibility index (Phi) is 5.38. The molecule has 0 spiro atoms. The fraction of sp³-hybridized carbons (Fsp3) is 0.333. The molecule has 1 saturated heterocycles. The number of amides is 1. The molecular formula is C21H24N4O3S. The van der Waals surface area contributed by atoms with Crippen LogP contribution in [-0.2, 0) is 16.6 Å². The number of pyridine rings is 1. The van der Waals surface area contributed by atoms with E-state index in [0.717, 1.165) is 29.7 Å². The average molecular weight is 413 g/mol. The number of hydrogen-bond donors (Lipinski definition) is 1. The number of imidazole rings is 1. The first kappa shape index (κ1) is 19.6. The third-order valence-electron chi connectivity index (χ3n) is 5.30. The highest BCUT2D eigenvalue weighted by Gasteiger charge is 2.30. The van der Waals surface area contributed by atoms with Crippen LogP contribution in [0, 0.1) is 0 Å². The van der Waals surface area contributed by atoms with Gasteiger partial charge in [0.2, 0.25) is 10.0 Å². The van der Waals surface area contributed by atoms with Crippen LogP contribution in [0.4, 0.5) is 0 Å². The number of rotatable bonds is 5. The maximum absolute atomic E-state index is 12.9. The maximum Gasteiger partial charge on any atom is 0.272 e. The van der Waals surface area contributed by atoms with Crippen LogP contribution >= 0.6 is 0 Å². The monoisotopic (exact) mass is 412 g/mol. The molecule has 0 bridgehead atoms. The van der Waals surface area contributed by atoms with Crippen LogP contribution in [0.3, 0.4) is 0 Å². The quantitative estimate of drug-likeness (QED) is 0.698. The zero-order valence-corrected chi connectivity index (χ0v) is 17.1. The topological polar surface area (TPSA) is 83.8 Å². The van der Waals surface area contributed by atoms with Crippen molar-refractivity contribution in [1.29, 1.82) is 0 Å². The van der Waals surface area contributed by atoms with Gasteiger partial charge in [0, 0.05) is 31.7 Å². The van der Waals surface area contributed by atoms with Gasteiger partial charge in [-0.15, -0.1) is 0 Å². The van der Waals surface area contributed by atoms with Crippen molar-refractivity contribution in [2.45, 2.75) is 25.3 Å². The summed E-state index contributed by atoms with van der Waals surface area (Å²) in [6, 6.07) is 15.3. The lowest BCUT2D eigenvalue weighted by Gasteiger charge is -2.30. The third kappa shape index (κ3) is 4.18. The highest BCUT2D eigenvalue weighted by atomic mass is 32.2. The molecule has 1 N–H and O–H groups in total. The summed E-state index contributed by atoms with van der Waals surface area (Å²) in [7, 11) is -3.25. The molecule has 0 radical (unpaired) electrons. The molecule has 1 fully saturated rings. The Hall–Kier alpha value is -2.71. The number of hydrogen-bond acceptors (Lipinski definition) is 4. The van der Waals surface area contributed by atoms with Crippen molar-refractivity contribution in [1.82, 2.24) is 19.0 Å². The van der Waals surface area contributed by atoms with Gasteiger partial charge in [-0.25, -0.2) is 17.7 Å². The molecule has 0 aliphatic carbocycles. The number of piperidine rings is 1. The van der Waals surface area contributed by atoms with Gasteiger partial charge in [0.1, 0.15) is 5.82 Å². The first-order chi connectivity index (χ1) is 13.9. The molecule has 7 nitrogen and oxygen atoms in total. The van der Waals surface area contributed by atoms with E-state index in [-0.39, 0.29) is 11.8 Å². The van der Waals surface area contributed by atoms with Gasteiger partial charge in [-0.3, -0.25) is 4.79 Å². The lowest BCUT2D eigenvalue weighted by Crippen LogP contribution is -2.38. The summed E-state index contributed by atoms with van der Waals surface area (Å²) >= 11 is 0. The number of aromatic nitrogens is 2. The summed E-state index contributed by atoms with van der Waals surface area (Å²) in [6.07, 6.45) is 4.73. The number of nitrogens with one attached hydrogen (secondary N) is 1. The van der Waals surface area contributed by atoms with Crippen molar-refractivity contribution in [2.24, 2.45) is 0 Å². The molecule has 29 heavy (non-hydrogen) atoms. The molecule has 1 unspecified atom stereocenters. The zero-order valence-electron chi connectivity index (χ0n) is 16.3. The zero-order chi connectivity index (χ0) is 20.4. The van der Waals surface area contributed by atoms with Gasteiger partial charge in [-0.05, 0) is 30.5 Å². The largest absolute Gasteiger partial charge is 0.347 e. The van der Waals surface area contributed by atoms with Crippen LogP contribution < -0.4 is 5.32 Å². The molecule has 4 rings (SSSR count). The fourth-order valence-corrected chi connectivity index (χ4v) is 4.74. The Morgan fingerprint density at radius 2 is 1.93 bits per heavy atom. The van der Waals surface area contributed by atoms with Crippen LogP contribution in [0.2, 0.25) is 0 Å². The smallest absolute Gasteiger partial charge is 0.272 e. The summed E-state index contributed by atoms with van der Waals surface area (Å²) in [5.74, 6) is 0.447. The minimum atomic E-state index is -3.25. The third-order valence-corrected chi connectivity index (χ3v) is 6.57. The van der Waals surface area contributed by atoms with Crippen molar-refractivity contribution >= 4 is 21.4 Å². The van der Waals surface area contributed by atoms with Gasteiger partial charge in [-0.1, -0.05) is 36.4 Å². The van der Waals surface area contributed by atoms with E-state index in [9.17, 15) is 13.2 Å².